The summed E-state index contributed by atoms with van der Waals surface area (Å²) in [6.07, 6.45) is 4.70. The van der Waals surface area contributed by atoms with Crippen LogP contribution < -0.4 is 9.80 Å². The summed E-state index contributed by atoms with van der Waals surface area (Å²) in [5.74, 6) is 1.01. The summed E-state index contributed by atoms with van der Waals surface area (Å²) >= 11 is 0. The molecule has 1 atom stereocenters. The highest BCUT2D eigenvalue weighted by molar-refractivity contribution is 5.97. The molecule has 3 heterocycles. The van der Waals surface area contributed by atoms with E-state index in [0.29, 0.717) is 6.54 Å². The number of amides is 1. The van der Waals surface area contributed by atoms with Gasteiger partial charge >= 0.3 is 0 Å². The van der Waals surface area contributed by atoms with Crippen LogP contribution in [0.2, 0.25) is 0 Å². The summed E-state index contributed by atoms with van der Waals surface area (Å²) < 4.78 is 0. The molecule has 2 aliphatic heterocycles. The van der Waals surface area contributed by atoms with Gasteiger partial charge < -0.3 is 9.80 Å². The van der Waals surface area contributed by atoms with Crippen LogP contribution in [-0.4, -0.2) is 35.5 Å². The number of hydrogen-bond donors (Lipinski definition) is 0. The molecular weight excluding hydrogens is 300 g/mol. The number of anilines is 2. The van der Waals surface area contributed by atoms with Crippen molar-refractivity contribution < 1.29 is 4.79 Å². The van der Waals surface area contributed by atoms with Crippen molar-refractivity contribution in [3.63, 3.8) is 0 Å². The molecule has 24 heavy (non-hydrogen) atoms. The number of hydrogen-bond acceptors (Lipinski definition) is 4. The van der Waals surface area contributed by atoms with Crippen LogP contribution in [0.3, 0.4) is 0 Å². The van der Waals surface area contributed by atoms with Crippen LogP contribution in [0.1, 0.15) is 24.1 Å². The number of piperidine rings is 1. The third-order valence-corrected chi connectivity index (χ3v) is 4.99. The Morgan fingerprint density at radius 1 is 1.21 bits per heavy atom. The van der Waals surface area contributed by atoms with Gasteiger partial charge in [-0.25, -0.2) is 9.97 Å². The Morgan fingerprint density at radius 3 is 2.96 bits per heavy atom. The van der Waals surface area contributed by atoms with Gasteiger partial charge in [-0.3, -0.25) is 4.79 Å². The number of para-hydroxylation sites is 1. The van der Waals surface area contributed by atoms with E-state index in [2.05, 4.69) is 27.0 Å². The molecule has 0 radical (unpaired) electrons. The molecule has 1 aromatic heterocycles. The molecule has 5 nitrogen and oxygen atoms in total. The van der Waals surface area contributed by atoms with Gasteiger partial charge in [-0.15, -0.1) is 0 Å². The number of carbonyl (C=O) groups is 1. The fraction of sp³-hybridized carbons (Fsp3) is 0.421. The van der Waals surface area contributed by atoms with Gasteiger partial charge in [0.2, 0.25) is 11.9 Å². The lowest BCUT2D eigenvalue weighted by Crippen LogP contribution is -2.45. The van der Waals surface area contributed by atoms with Gasteiger partial charge in [0.15, 0.2) is 0 Å². The van der Waals surface area contributed by atoms with E-state index in [1.54, 1.807) is 6.20 Å². The molecule has 124 valence electrons. The van der Waals surface area contributed by atoms with Gasteiger partial charge in [-0.2, -0.15) is 0 Å². The molecule has 2 aromatic rings. The van der Waals surface area contributed by atoms with Gasteiger partial charge in [-0.1, -0.05) is 18.2 Å². The van der Waals surface area contributed by atoms with E-state index in [1.807, 2.05) is 30.0 Å². The highest BCUT2D eigenvalue weighted by Gasteiger charge is 2.33. The molecule has 0 N–H and O–H groups in total. The van der Waals surface area contributed by atoms with Crippen LogP contribution in [0.25, 0.3) is 0 Å². The molecular formula is C19H22N4O. The van der Waals surface area contributed by atoms with Crippen molar-refractivity contribution in [1.82, 2.24) is 9.97 Å². The molecule has 0 bridgehead atoms. The smallest absolute Gasteiger partial charge is 0.231 e. The Balaban J connectivity index is 1.51. The number of carbonyl (C=O) groups excluding carboxylic acids is 1. The molecule has 4 rings (SSSR count). The fourth-order valence-corrected chi connectivity index (χ4v) is 3.74. The predicted molar refractivity (Wildman–Crippen MR) is 94.2 cm³/mol. The summed E-state index contributed by atoms with van der Waals surface area (Å²) in [7, 11) is 0. The third kappa shape index (κ3) is 2.75. The van der Waals surface area contributed by atoms with E-state index < -0.39 is 0 Å². The van der Waals surface area contributed by atoms with Gasteiger partial charge in [0, 0.05) is 37.2 Å². The van der Waals surface area contributed by atoms with Crippen molar-refractivity contribution in [3.05, 3.63) is 47.8 Å². The van der Waals surface area contributed by atoms with E-state index in [9.17, 15) is 4.79 Å². The molecule has 5 heteroatoms. The molecule has 1 fully saturated rings. The number of fused-ring (bicyclic) bond motifs is 1. The number of nitrogens with zero attached hydrogens (tertiary/aromatic N) is 4. The minimum absolute atomic E-state index is 0.0222. The molecule has 0 saturated carbocycles. The van der Waals surface area contributed by atoms with Gasteiger partial charge in [-0.05, 0) is 43.9 Å². The van der Waals surface area contributed by atoms with E-state index in [1.165, 1.54) is 5.56 Å². The molecule has 2 aliphatic rings. The van der Waals surface area contributed by atoms with Crippen molar-refractivity contribution in [1.29, 1.82) is 0 Å². The second-order valence-corrected chi connectivity index (χ2v) is 6.65. The number of rotatable bonds is 2. The highest BCUT2D eigenvalue weighted by Crippen LogP contribution is 2.31. The maximum absolute atomic E-state index is 13.1. The zero-order chi connectivity index (χ0) is 16.5. The minimum atomic E-state index is 0.0222. The topological polar surface area (TPSA) is 49.3 Å². The second-order valence-electron chi connectivity index (χ2n) is 6.65. The summed E-state index contributed by atoms with van der Waals surface area (Å²) in [5.41, 5.74) is 3.33. The first-order chi connectivity index (χ1) is 11.7. The quantitative estimate of drug-likeness (QED) is 0.853. The SMILES string of the molecule is Cc1ccnc(N2CCC[C@@H](C(=O)N3CCc4ccccc43)C2)n1. The summed E-state index contributed by atoms with van der Waals surface area (Å²) in [6, 6.07) is 10.1. The van der Waals surface area contributed by atoms with Crippen LogP contribution >= 0.6 is 0 Å². The van der Waals surface area contributed by atoms with Crippen molar-refractivity contribution >= 4 is 17.5 Å². The first kappa shape index (κ1) is 15.1. The maximum atomic E-state index is 13.1. The Labute approximate surface area is 142 Å². The van der Waals surface area contributed by atoms with Gasteiger partial charge in [0.1, 0.15) is 0 Å². The zero-order valence-corrected chi connectivity index (χ0v) is 14.0. The lowest BCUT2D eigenvalue weighted by atomic mass is 9.96. The number of aryl methyl sites for hydroxylation is 1. The maximum Gasteiger partial charge on any atom is 0.231 e. The van der Waals surface area contributed by atoms with Crippen LogP contribution in [-0.2, 0) is 11.2 Å². The third-order valence-electron chi connectivity index (χ3n) is 4.99. The van der Waals surface area contributed by atoms with Crippen molar-refractivity contribution in [2.45, 2.75) is 26.2 Å². The number of aromatic nitrogens is 2. The van der Waals surface area contributed by atoms with E-state index >= 15 is 0 Å². The Hall–Kier alpha value is -2.43. The molecule has 0 aliphatic carbocycles. The second kappa shape index (κ2) is 6.23. The fourth-order valence-electron chi connectivity index (χ4n) is 3.74. The predicted octanol–water partition coefficient (Wildman–Crippen LogP) is 2.59. The zero-order valence-electron chi connectivity index (χ0n) is 14.0. The van der Waals surface area contributed by atoms with E-state index in [-0.39, 0.29) is 11.8 Å². The first-order valence-corrected chi connectivity index (χ1v) is 8.66. The van der Waals surface area contributed by atoms with Crippen LogP contribution in [0.4, 0.5) is 11.6 Å². The first-order valence-electron chi connectivity index (χ1n) is 8.66. The van der Waals surface area contributed by atoms with Crippen LogP contribution in [0.15, 0.2) is 36.5 Å². The largest absolute Gasteiger partial charge is 0.340 e. The van der Waals surface area contributed by atoms with Gasteiger partial charge in [0.05, 0.1) is 5.92 Å². The highest BCUT2D eigenvalue weighted by atomic mass is 16.2. The Bertz CT molecular complexity index is 761. The Morgan fingerprint density at radius 2 is 2.08 bits per heavy atom. The van der Waals surface area contributed by atoms with Crippen molar-refractivity contribution in [2.75, 3.05) is 29.4 Å². The van der Waals surface area contributed by atoms with E-state index in [4.69, 9.17) is 0 Å². The molecule has 0 unspecified atom stereocenters. The summed E-state index contributed by atoms with van der Waals surface area (Å²) in [4.78, 5) is 26.1. The lowest BCUT2D eigenvalue weighted by Gasteiger charge is -2.34. The average Bonchev–Trinajstić information content (AvgIpc) is 3.05. The van der Waals surface area contributed by atoms with E-state index in [0.717, 1.165) is 49.7 Å². The average molecular weight is 322 g/mol. The summed E-state index contributed by atoms with van der Waals surface area (Å²) in [6.45, 7) is 4.40. The van der Waals surface area contributed by atoms with Crippen LogP contribution in [0.5, 0.6) is 0 Å². The van der Waals surface area contributed by atoms with Crippen LogP contribution in [0, 0.1) is 12.8 Å². The standard InChI is InChI=1S/C19H22N4O/c1-14-8-10-20-19(21-14)22-11-4-6-16(13-22)18(24)23-12-9-15-5-2-3-7-17(15)23/h2-3,5,7-8,10,16H,4,6,9,11-13H2,1H3/t16-/m1/s1. The number of benzene rings is 1. The van der Waals surface area contributed by atoms with Gasteiger partial charge in [0.25, 0.3) is 0 Å². The Kier molecular flexibility index (Phi) is 3.92. The molecule has 0 spiro atoms. The summed E-state index contributed by atoms with van der Waals surface area (Å²) in [5, 5.41) is 0. The minimum Gasteiger partial charge on any atom is -0.340 e. The molecule has 1 aromatic carbocycles. The molecule has 1 saturated heterocycles. The molecule has 1 amide bonds. The van der Waals surface area contributed by atoms with Crippen molar-refractivity contribution in [3.8, 4) is 0 Å². The monoisotopic (exact) mass is 322 g/mol. The van der Waals surface area contributed by atoms with Crippen molar-refractivity contribution in [2.24, 2.45) is 5.92 Å². The normalized spacial score (nSPS) is 20.1. The lowest BCUT2D eigenvalue weighted by molar-refractivity contribution is -0.122.